The number of nitrogens with zero attached hydrogens (tertiary/aromatic N) is 4. The lowest BCUT2D eigenvalue weighted by atomic mass is 9.90. The molecule has 4 fully saturated rings. The SMILES string of the molecule is COC(=O)[C@@H]1CCC[C@@H]2C/C=C\C[C@H](N)C(=O)N21.COC(=O)[C@@H]1CCC[C@@H]2C/C=C\C[C@H](NC(=O)c3ccccc3)C(=O)N21.COC(=O)[C@@H]1CCC[C@@H]2C/C=C\C[C@H](NC(=O)c3ccccc3)C(=O)N21.O=C(N[C@H]1C/C=C\C[C@H]2CCC[C@@H](C(=O)O)N2C1=O)c1ccccc1. The van der Waals surface area contributed by atoms with Crippen molar-refractivity contribution in [3.8, 4) is 0 Å². The monoisotopic (exact) mass is 1310 g/mol. The number of methoxy groups -OCH3 is 3. The van der Waals surface area contributed by atoms with Crippen LogP contribution in [0.3, 0.4) is 0 Å². The topological polar surface area (TPSA) is 311 Å². The van der Waals surface area contributed by atoms with Crippen LogP contribution in [0.4, 0.5) is 0 Å². The first-order valence-electron chi connectivity index (χ1n) is 33.1. The minimum Gasteiger partial charge on any atom is -0.480 e. The lowest BCUT2D eigenvalue weighted by Crippen LogP contribution is -2.59. The second-order valence-corrected chi connectivity index (χ2v) is 24.8. The number of rotatable bonds is 10. The molecule has 0 aromatic heterocycles. The molecule has 0 radical (unpaired) electrons. The minimum absolute atomic E-state index is 0.0342. The molecule has 11 rings (SSSR count). The highest BCUT2D eigenvalue weighted by Gasteiger charge is 2.45. The van der Waals surface area contributed by atoms with E-state index in [1.807, 2.05) is 60.7 Å². The van der Waals surface area contributed by atoms with Gasteiger partial charge in [0.1, 0.15) is 42.3 Å². The molecule has 8 heterocycles. The van der Waals surface area contributed by atoms with Gasteiger partial charge in [-0.15, -0.1) is 0 Å². The molecule has 8 aliphatic rings. The fraction of sp³-hybridized carbons (Fsp3) is 0.486. The van der Waals surface area contributed by atoms with Crippen molar-refractivity contribution >= 4 is 65.2 Å². The zero-order chi connectivity index (χ0) is 68.0. The second-order valence-electron chi connectivity index (χ2n) is 24.8. The number of amides is 7. The van der Waals surface area contributed by atoms with Crippen LogP contribution in [0.5, 0.6) is 0 Å². The van der Waals surface area contributed by atoms with Crippen molar-refractivity contribution < 1.29 is 72.1 Å². The number of benzene rings is 3. The molecule has 23 nitrogen and oxygen atoms in total. The summed E-state index contributed by atoms with van der Waals surface area (Å²) in [5, 5.41) is 17.9. The normalized spacial score (nSPS) is 28.5. The van der Waals surface area contributed by atoms with E-state index < -0.39 is 54.3 Å². The molecule has 8 aliphatic heterocycles. The van der Waals surface area contributed by atoms with Crippen molar-refractivity contribution in [1.29, 1.82) is 0 Å². The number of aliphatic carboxylic acids is 1. The smallest absolute Gasteiger partial charge is 0.328 e. The summed E-state index contributed by atoms with van der Waals surface area (Å²) in [6.07, 6.45) is 29.7. The highest BCUT2D eigenvalue weighted by Crippen LogP contribution is 2.33. The Morgan fingerprint density at radius 1 is 0.368 bits per heavy atom. The summed E-state index contributed by atoms with van der Waals surface area (Å²) in [5.41, 5.74) is 7.35. The number of carboxylic acid groups (broad SMARTS) is 1. The van der Waals surface area contributed by atoms with E-state index in [1.54, 1.807) is 87.5 Å². The Balaban J connectivity index is 0.000000164. The number of nitrogens with two attached hydrogens (primary N) is 1. The first-order chi connectivity index (χ1) is 45.9. The van der Waals surface area contributed by atoms with Crippen molar-refractivity contribution in [3.05, 3.63) is 156 Å². The molecule has 0 unspecified atom stereocenters. The maximum Gasteiger partial charge on any atom is 0.328 e. The summed E-state index contributed by atoms with van der Waals surface area (Å²) in [4.78, 5) is 143. The Morgan fingerprint density at radius 2 is 0.621 bits per heavy atom. The Kier molecular flexibility index (Phi) is 26.6. The van der Waals surface area contributed by atoms with Crippen LogP contribution in [-0.2, 0) is 52.6 Å². The van der Waals surface area contributed by atoms with E-state index in [0.717, 1.165) is 70.6 Å². The van der Waals surface area contributed by atoms with E-state index in [1.165, 1.54) is 26.2 Å². The Hall–Kier alpha value is -9.25. The van der Waals surface area contributed by atoms with Crippen LogP contribution in [-0.4, -0.2) is 184 Å². The van der Waals surface area contributed by atoms with E-state index >= 15 is 0 Å². The first kappa shape index (κ1) is 71.6. The fourth-order valence-electron chi connectivity index (χ4n) is 13.9. The van der Waals surface area contributed by atoms with Crippen LogP contribution >= 0.6 is 0 Å². The molecule has 3 aromatic carbocycles. The number of esters is 3. The van der Waals surface area contributed by atoms with Crippen LogP contribution in [0, 0.1) is 0 Å². The molecule has 6 N–H and O–H groups in total. The van der Waals surface area contributed by atoms with E-state index in [0.29, 0.717) is 74.5 Å². The largest absolute Gasteiger partial charge is 0.480 e. The number of fused-ring (bicyclic) bond motifs is 4. The van der Waals surface area contributed by atoms with Crippen LogP contribution < -0.4 is 21.7 Å². The van der Waals surface area contributed by atoms with Crippen LogP contribution in [0.25, 0.3) is 0 Å². The van der Waals surface area contributed by atoms with E-state index in [9.17, 15) is 57.8 Å². The summed E-state index contributed by atoms with van der Waals surface area (Å²) >= 11 is 0. The predicted molar refractivity (Wildman–Crippen MR) is 351 cm³/mol. The number of carboxylic acids is 1. The zero-order valence-electron chi connectivity index (χ0n) is 54.4. The third-order valence-electron chi connectivity index (χ3n) is 18.7. The van der Waals surface area contributed by atoms with Gasteiger partial charge in [-0.2, -0.15) is 0 Å². The van der Waals surface area contributed by atoms with Gasteiger partial charge in [0.15, 0.2) is 0 Å². The number of nitrogens with one attached hydrogen (secondary N) is 3. The molecule has 12 atom stereocenters. The van der Waals surface area contributed by atoms with E-state index in [2.05, 4.69) is 22.0 Å². The number of carbonyl (C=O) groups excluding carboxylic acids is 10. The lowest BCUT2D eigenvalue weighted by Gasteiger charge is -2.42. The third-order valence-corrected chi connectivity index (χ3v) is 18.7. The quantitative estimate of drug-likeness (QED) is 0.0804. The third kappa shape index (κ3) is 18.6. The Morgan fingerprint density at radius 3 is 0.905 bits per heavy atom. The summed E-state index contributed by atoms with van der Waals surface area (Å²) in [7, 11) is 4.05. The van der Waals surface area contributed by atoms with Crippen LogP contribution in [0.15, 0.2) is 140 Å². The number of piperidine rings is 4. The fourth-order valence-corrected chi connectivity index (χ4v) is 13.9. The van der Waals surface area contributed by atoms with Crippen molar-refractivity contribution in [1.82, 2.24) is 35.6 Å². The van der Waals surface area contributed by atoms with Crippen LogP contribution in [0.1, 0.15) is 159 Å². The molecule has 4 saturated heterocycles. The van der Waals surface area contributed by atoms with Gasteiger partial charge < -0.3 is 60.6 Å². The molecule has 508 valence electrons. The minimum atomic E-state index is -0.976. The van der Waals surface area contributed by atoms with E-state index in [-0.39, 0.29) is 83.4 Å². The van der Waals surface area contributed by atoms with Gasteiger partial charge in [0, 0.05) is 40.9 Å². The number of carbonyl (C=O) groups is 11. The van der Waals surface area contributed by atoms with Gasteiger partial charge >= 0.3 is 23.9 Å². The van der Waals surface area contributed by atoms with Gasteiger partial charge in [0.25, 0.3) is 17.7 Å². The number of hydrogen-bond donors (Lipinski definition) is 5. The molecular formula is C72H90N8O15. The average molecular weight is 1310 g/mol. The number of hydrogen-bond acceptors (Lipinski definition) is 15. The standard InChI is InChI=1S/2C20H24N2O4.C19H22N2O4.C13H20N2O3/c2*1-26-20(25)17-13-7-11-15-10-5-6-12-16(19(24)22(15)17)21-18(23)14-8-3-2-4-9-14;22-17(13-7-2-1-3-8-13)20-15-11-5-4-9-14-10-6-12-16(19(24)25)21(14)18(15)23;1-18-13(17)11-8-4-6-9-5-2-3-7-10(14)12(16)15(9)11/h2*2-6,8-9,15-17H,7,10-13H2,1H3,(H,21,23);1-5,7-8,14-16H,6,9-12H2,(H,20,22)(H,24,25);2-3,9-11H,4-8,14H2,1H3/b2*6-5-;5-4-;3-2-/t2*15-,16-,17-;14-,15-,16-;9-,10-,11-/m0000/s1. The van der Waals surface area contributed by atoms with Gasteiger partial charge in [-0.25, -0.2) is 19.2 Å². The van der Waals surface area contributed by atoms with Gasteiger partial charge in [-0.3, -0.25) is 33.6 Å². The Labute approximate surface area is 554 Å². The maximum atomic E-state index is 13.2. The molecule has 0 aliphatic carbocycles. The van der Waals surface area contributed by atoms with E-state index in [4.69, 9.17) is 19.9 Å². The summed E-state index contributed by atoms with van der Waals surface area (Å²) < 4.78 is 14.6. The Bertz CT molecular complexity index is 3180. The molecule has 23 heteroatoms. The molecule has 0 spiro atoms. The lowest BCUT2D eigenvalue weighted by molar-refractivity contribution is -0.158. The van der Waals surface area contributed by atoms with Gasteiger partial charge in [0.05, 0.1) is 27.4 Å². The molecule has 3 aromatic rings. The van der Waals surface area contributed by atoms with Crippen molar-refractivity contribution in [2.75, 3.05) is 21.3 Å². The molecule has 0 bridgehead atoms. The highest BCUT2D eigenvalue weighted by molar-refractivity contribution is 6.00. The maximum absolute atomic E-state index is 13.2. The highest BCUT2D eigenvalue weighted by atomic mass is 16.5. The van der Waals surface area contributed by atoms with Crippen molar-refractivity contribution in [2.24, 2.45) is 5.73 Å². The molecule has 95 heavy (non-hydrogen) atoms. The molecule has 0 saturated carbocycles. The second kappa shape index (κ2) is 35.3. The first-order valence-corrected chi connectivity index (χ1v) is 33.1. The molecule has 7 amide bonds. The number of ether oxygens (including phenoxy) is 3. The summed E-state index contributed by atoms with van der Waals surface area (Å²) in [6.45, 7) is 0. The van der Waals surface area contributed by atoms with Crippen LogP contribution in [0.2, 0.25) is 0 Å². The van der Waals surface area contributed by atoms with Crippen molar-refractivity contribution in [2.45, 2.75) is 201 Å². The summed E-state index contributed by atoms with van der Waals surface area (Å²) in [5.74, 6) is -3.83. The van der Waals surface area contributed by atoms with Gasteiger partial charge in [-0.1, -0.05) is 103 Å². The molecular weight excluding hydrogens is 1220 g/mol. The summed E-state index contributed by atoms with van der Waals surface area (Å²) in [6, 6.07) is 21.1. The van der Waals surface area contributed by atoms with Crippen molar-refractivity contribution in [3.63, 3.8) is 0 Å². The predicted octanol–water partition coefficient (Wildman–Crippen LogP) is 6.67. The average Bonchev–Trinajstić information content (AvgIpc) is 0.827. The van der Waals surface area contributed by atoms with Gasteiger partial charge in [0.2, 0.25) is 23.6 Å². The van der Waals surface area contributed by atoms with Gasteiger partial charge in [-0.05, 0) is 165 Å². The zero-order valence-corrected chi connectivity index (χ0v) is 54.4.